The molecule has 0 saturated carbocycles. The van der Waals surface area contributed by atoms with E-state index >= 15 is 0 Å². The molecule has 2 aromatic carbocycles. The van der Waals surface area contributed by atoms with Crippen LogP contribution in [0.25, 0.3) is 32.7 Å². The molecule has 4 heterocycles. The molecule has 4 heteroatoms. The highest BCUT2D eigenvalue weighted by Crippen LogP contribution is 2.36. The van der Waals surface area contributed by atoms with E-state index in [4.69, 9.17) is 4.98 Å². The third-order valence-corrected chi connectivity index (χ3v) is 5.69. The average molecular weight is 362 g/mol. The molecule has 3 aromatic heterocycles. The molecular formula is C24H18N4. The first-order valence-electron chi connectivity index (χ1n) is 9.64. The van der Waals surface area contributed by atoms with Crippen LogP contribution in [0, 0.1) is 0 Å². The molecule has 0 aliphatic carbocycles. The molecule has 1 aliphatic rings. The van der Waals surface area contributed by atoms with Crippen LogP contribution in [-0.2, 0) is 6.42 Å². The highest BCUT2D eigenvalue weighted by Gasteiger charge is 2.22. The Balaban J connectivity index is 1.48. The minimum absolute atomic E-state index is 0.170. The second-order valence-electron chi connectivity index (χ2n) is 7.36. The van der Waals surface area contributed by atoms with Crippen molar-refractivity contribution in [1.29, 1.82) is 0 Å². The van der Waals surface area contributed by atoms with Crippen molar-refractivity contribution < 1.29 is 0 Å². The van der Waals surface area contributed by atoms with E-state index in [0.717, 1.165) is 56.9 Å². The largest absolute Gasteiger partial charge is 0.375 e. The minimum Gasteiger partial charge on any atom is -0.375 e. The zero-order valence-electron chi connectivity index (χ0n) is 15.3. The number of nitrogens with one attached hydrogen (secondary N) is 1. The van der Waals surface area contributed by atoms with Gasteiger partial charge in [0.05, 0.1) is 34.0 Å². The number of pyridine rings is 3. The molecule has 0 bridgehead atoms. The highest BCUT2D eigenvalue weighted by molar-refractivity contribution is 6.02. The molecule has 0 amide bonds. The monoisotopic (exact) mass is 362 g/mol. The van der Waals surface area contributed by atoms with Crippen molar-refractivity contribution in [3.63, 3.8) is 0 Å². The molecule has 0 radical (unpaired) electrons. The van der Waals surface area contributed by atoms with Gasteiger partial charge in [0.25, 0.3) is 0 Å². The van der Waals surface area contributed by atoms with Crippen LogP contribution in [0.4, 0.5) is 5.69 Å². The molecule has 0 fully saturated rings. The summed E-state index contributed by atoms with van der Waals surface area (Å²) in [6, 6.07) is 21.2. The summed E-state index contributed by atoms with van der Waals surface area (Å²) in [6.07, 6.45) is 5.73. The smallest absolute Gasteiger partial charge is 0.0968 e. The quantitative estimate of drug-likeness (QED) is 0.404. The fraction of sp³-hybridized carbons (Fsp3) is 0.125. The summed E-state index contributed by atoms with van der Waals surface area (Å²) in [5.74, 6) is 0. The topological polar surface area (TPSA) is 50.7 Å². The van der Waals surface area contributed by atoms with E-state index < -0.39 is 0 Å². The van der Waals surface area contributed by atoms with Gasteiger partial charge in [0, 0.05) is 28.6 Å². The van der Waals surface area contributed by atoms with Crippen molar-refractivity contribution in [3.8, 4) is 0 Å². The fourth-order valence-electron chi connectivity index (χ4n) is 4.26. The third-order valence-electron chi connectivity index (χ3n) is 5.69. The summed E-state index contributed by atoms with van der Waals surface area (Å²) in [4.78, 5) is 14.2. The molecule has 0 spiro atoms. The molecule has 4 nitrogen and oxygen atoms in total. The van der Waals surface area contributed by atoms with Gasteiger partial charge in [-0.3, -0.25) is 9.97 Å². The number of benzene rings is 2. The van der Waals surface area contributed by atoms with Gasteiger partial charge in [-0.2, -0.15) is 0 Å². The summed E-state index contributed by atoms with van der Waals surface area (Å²) in [7, 11) is 0. The first-order chi connectivity index (χ1) is 13.9. The Morgan fingerprint density at radius 2 is 1.39 bits per heavy atom. The molecule has 134 valence electrons. The van der Waals surface area contributed by atoms with Gasteiger partial charge in [-0.15, -0.1) is 0 Å². The van der Waals surface area contributed by atoms with E-state index in [0.29, 0.717) is 0 Å². The molecule has 5 aromatic rings. The van der Waals surface area contributed by atoms with E-state index in [2.05, 4.69) is 63.8 Å². The van der Waals surface area contributed by atoms with Gasteiger partial charge in [-0.05, 0) is 36.6 Å². The molecule has 28 heavy (non-hydrogen) atoms. The highest BCUT2D eigenvalue weighted by atomic mass is 15.0. The summed E-state index contributed by atoms with van der Waals surface area (Å²) in [5.41, 5.74) is 6.51. The van der Waals surface area contributed by atoms with Gasteiger partial charge >= 0.3 is 0 Å². The number of nitrogens with zero attached hydrogens (tertiary/aromatic N) is 3. The van der Waals surface area contributed by atoms with Crippen molar-refractivity contribution >= 4 is 38.4 Å². The predicted molar refractivity (Wildman–Crippen MR) is 113 cm³/mol. The number of fused-ring (bicyclic) bond motifs is 6. The normalized spacial score (nSPS) is 16.2. The lowest BCUT2D eigenvalue weighted by atomic mass is 9.94. The van der Waals surface area contributed by atoms with Crippen LogP contribution in [0.3, 0.4) is 0 Å². The van der Waals surface area contributed by atoms with E-state index in [-0.39, 0.29) is 6.04 Å². The van der Waals surface area contributed by atoms with Crippen LogP contribution in [0.5, 0.6) is 0 Å². The van der Waals surface area contributed by atoms with Crippen molar-refractivity contribution in [2.75, 3.05) is 5.32 Å². The Labute approximate surface area is 162 Å². The van der Waals surface area contributed by atoms with Crippen LogP contribution in [0.2, 0.25) is 0 Å². The van der Waals surface area contributed by atoms with Crippen LogP contribution < -0.4 is 5.32 Å². The number of hydrogen-bond acceptors (Lipinski definition) is 4. The molecule has 1 unspecified atom stereocenters. The lowest BCUT2D eigenvalue weighted by Gasteiger charge is -2.27. The standard InChI is InChI=1S/C24H18N4/c1-3-15-5-7-17-9-11-19(27-23(17)21(15)25-13-1)20-12-10-18-8-6-16-4-2-14-26-22(16)24(18)28-20/h1-9,11,13-14,20,28H,10,12H2. The van der Waals surface area contributed by atoms with E-state index in [9.17, 15) is 0 Å². The second-order valence-corrected chi connectivity index (χ2v) is 7.36. The molecular weight excluding hydrogens is 344 g/mol. The minimum atomic E-state index is 0.170. The van der Waals surface area contributed by atoms with Crippen LogP contribution in [-0.4, -0.2) is 15.0 Å². The predicted octanol–water partition coefficient (Wildman–Crippen LogP) is 5.43. The SMILES string of the molecule is c1cnc2c3c(ccc2c1)CCC(c1ccc2ccc4cccnc4c2n1)N3. The van der Waals surface area contributed by atoms with E-state index in [1.165, 1.54) is 5.56 Å². The van der Waals surface area contributed by atoms with Crippen molar-refractivity contribution in [3.05, 3.63) is 84.3 Å². The first kappa shape index (κ1) is 15.5. The number of aryl methyl sites for hydroxylation is 1. The van der Waals surface area contributed by atoms with Crippen LogP contribution >= 0.6 is 0 Å². The van der Waals surface area contributed by atoms with Crippen LogP contribution in [0.1, 0.15) is 23.7 Å². The zero-order valence-corrected chi connectivity index (χ0v) is 15.3. The summed E-state index contributed by atoms with van der Waals surface area (Å²) in [5, 5.41) is 7.13. The van der Waals surface area contributed by atoms with Crippen LogP contribution in [0.15, 0.2) is 73.1 Å². The zero-order chi connectivity index (χ0) is 18.5. The maximum Gasteiger partial charge on any atom is 0.0968 e. The number of aromatic nitrogens is 3. The van der Waals surface area contributed by atoms with Crippen molar-refractivity contribution in [2.45, 2.75) is 18.9 Å². The maximum atomic E-state index is 5.03. The fourth-order valence-corrected chi connectivity index (χ4v) is 4.26. The number of hydrogen-bond donors (Lipinski definition) is 1. The van der Waals surface area contributed by atoms with Gasteiger partial charge in [-0.25, -0.2) is 4.98 Å². The molecule has 1 atom stereocenters. The van der Waals surface area contributed by atoms with Gasteiger partial charge < -0.3 is 5.32 Å². The summed E-state index contributed by atoms with van der Waals surface area (Å²) < 4.78 is 0. The lowest BCUT2D eigenvalue weighted by Crippen LogP contribution is -2.19. The molecule has 6 rings (SSSR count). The Bertz CT molecular complexity index is 1360. The Morgan fingerprint density at radius 1 is 0.714 bits per heavy atom. The van der Waals surface area contributed by atoms with Gasteiger partial charge in [0.15, 0.2) is 0 Å². The van der Waals surface area contributed by atoms with E-state index in [1.807, 2.05) is 24.5 Å². The second kappa shape index (κ2) is 5.99. The maximum absolute atomic E-state index is 5.03. The number of anilines is 1. The van der Waals surface area contributed by atoms with Gasteiger partial charge in [0.1, 0.15) is 0 Å². The first-order valence-corrected chi connectivity index (χ1v) is 9.64. The van der Waals surface area contributed by atoms with Crippen molar-refractivity contribution in [1.82, 2.24) is 15.0 Å². The van der Waals surface area contributed by atoms with E-state index in [1.54, 1.807) is 0 Å². The molecule has 1 aliphatic heterocycles. The number of rotatable bonds is 1. The Kier molecular flexibility index (Phi) is 3.32. The summed E-state index contributed by atoms with van der Waals surface area (Å²) in [6.45, 7) is 0. The van der Waals surface area contributed by atoms with Gasteiger partial charge in [-0.1, -0.05) is 42.5 Å². The Morgan fingerprint density at radius 3 is 2.25 bits per heavy atom. The Hall–Kier alpha value is -3.53. The van der Waals surface area contributed by atoms with Crippen molar-refractivity contribution in [2.24, 2.45) is 0 Å². The average Bonchev–Trinajstić information content (AvgIpc) is 2.78. The molecule has 1 N–H and O–H groups in total. The molecule has 0 saturated heterocycles. The third kappa shape index (κ3) is 2.34. The van der Waals surface area contributed by atoms with Gasteiger partial charge in [0.2, 0.25) is 0 Å². The summed E-state index contributed by atoms with van der Waals surface area (Å²) >= 11 is 0. The lowest BCUT2D eigenvalue weighted by molar-refractivity contribution is 0.654.